The van der Waals surface area contributed by atoms with Crippen molar-refractivity contribution in [2.45, 2.75) is 39.0 Å². The number of halogens is 2. The van der Waals surface area contributed by atoms with Crippen LogP contribution in [-0.4, -0.2) is 47.9 Å². The average molecular weight is 560 g/mol. The number of rotatable bonds is 9. The number of hydrogen-bond acceptors (Lipinski definition) is 6. The van der Waals surface area contributed by atoms with Crippen LogP contribution in [0.2, 0.25) is 0 Å². The molecule has 2 aromatic carbocycles. The minimum atomic E-state index is -1.06. The molecular weight excluding hydrogens is 532 g/mol. The highest BCUT2D eigenvalue weighted by Gasteiger charge is 2.23. The Kier molecular flexibility index (Phi) is 6.96. The van der Waals surface area contributed by atoms with Gasteiger partial charge in [0.15, 0.2) is 0 Å². The lowest BCUT2D eigenvalue weighted by Gasteiger charge is -2.27. The molecule has 1 fully saturated rings. The molecule has 4 heterocycles. The Labute approximate surface area is 234 Å². The first-order valence-corrected chi connectivity index (χ1v) is 13.2. The molecule has 0 saturated carbocycles. The predicted octanol–water partition coefficient (Wildman–Crippen LogP) is 5.08. The van der Waals surface area contributed by atoms with Crippen molar-refractivity contribution in [2.75, 3.05) is 6.61 Å². The van der Waals surface area contributed by atoms with E-state index in [0.29, 0.717) is 30.0 Å². The maximum Gasteiger partial charge on any atom is 0.335 e. The standard InChI is InChI=1S/C30H27F2N5O4/c1-17-33-14-20(36(17)2)16-41-29-5-3-4-25(35-29)22-13-23(31)19(10-24(22)32)12-28-34-26-7-6-18(30(38)39)11-27(26)37(28)15-21-8-9-40-21/h3-7,10-11,13-14,21H,8-9,12,15-16H2,1-2H3,(H,38,39). The Morgan fingerprint density at radius 1 is 1.15 bits per heavy atom. The highest BCUT2D eigenvalue weighted by Crippen LogP contribution is 2.29. The van der Waals surface area contributed by atoms with Gasteiger partial charge < -0.3 is 23.7 Å². The highest BCUT2D eigenvalue weighted by molar-refractivity contribution is 5.92. The van der Waals surface area contributed by atoms with Crippen molar-refractivity contribution < 1.29 is 28.2 Å². The first-order chi connectivity index (χ1) is 19.8. The van der Waals surface area contributed by atoms with Crippen molar-refractivity contribution >= 4 is 17.0 Å². The molecule has 1 atom stereocenters. The number of pyridine rings is 1. The number of aromatic carboxylic acids is 1. The van der Waals surface area contributed by atoms with Gasteiger partial charge in [-0.1, -0.05) is 6.07 Å². The van der Waals surface area contributed by atoms with Gasteiger partial charge in [0.05, 0.1) is 46.8 Å². The summed E-state index contributed by atoms with van der Waals surface area (Å²) < 4.78 is 45.9. The molecule has 0 spiro atoms. The molecule has 1 saturated heterocycles. The van der Waals surface area contributed by atoms with E-state index in [1.165, 1.54) is 6.07 Å². The summed E-state index contributed by atoms with van der Waals surface area (Å²) in [6.45, 7) is 3.20. The van der Waals surface area contributed by atoms with Crippen LogP contribution in [0.5, 0.6) is 5.88 Å². The zero-order chi connectivity index (χ0) is 28.7. The van der Waals surface area contributed by atoms with Gasteiger partial charge in [-0.15, -0.1) is 0 Å². The smallest absolute Gasteiger partial charge is 0.335 e. The molecular formula is C30H27F2N5O4. The summed E-state index contributed by atoms with van der Waals surface area (Å²) in [5.74, 6) is -0.683. The zero-order valence-corrected chi connectivity index (χ0v) is 22.5. The number of fused-ring (bicyclic) bond motifs is 1. The van der Waals surface area contributed by atoms with Gasteiger partial charge in [-0.25, -0.2) is 28.5 Å². The van der Waals surface area contributed by atoms with Gasteiger partial charge in [-0.3, -0.25) is 0 Å². The number of ether oxygens (including phenoxy) is 2. The molecule has 0 bridgehead atoms. The van der Waals surface area contributed by atoms with Crippen LogP contribution in [0.3, 0.4) is 0 Å². The Bertz CT molecular complexity index is 1780. The summed E-state index contributed by atoms with van der Waals surface area (Å²) >= 11 is 0. The van der Waals surface area contributed by atoms with Crippen molar-refractivity contribution in [3.05, 3.63) is 94.8 Å². The Morgan fingerprint density at radius 3 is 2.68 bits per heavy atom. The summed E-state index contributed by atoms with van der Waals surface area (Å²) in [4.78, 5) is 24.8. The maximum absolute atomic E-state index is 15.4. The lowest BCUT2D eigenvalue weighted by Crippen LogP contribution is -2.31. The lowest BCUT2D eigenvalue weighted by atomic mass is 10.0. The second-order valence-electron chi connectivity index (χ2n) is 10.0. The van der Waals surface area contributed by atoms with Gasteiger partial charge in [-0.05, 0) is 55.3 Å². The van der Waals surface area contributed by atoms with E-state index in [2.05, 4.69) is 15.0 Å². The molecule has 11 heteroatoms. The quantitative estimate of drug-likeness (QED) is 0.269. The summed E-state index contributed by atoms with van der Waals surface area (Å²) in [5.41, 5.74) is 2.52. The average Bonchev–Trinajstić information content (AvgIpc) is 3.44. The van der Waals surface area contributed by atoms with Gasteiger partial charge in [0.2, 0.25) is 5.88 Å². The Balaban J connectivity index is 1.28. The number of imidazole rings is 2. The molecule has 1 N–H and O–H groups in total. The third kappa shape index (κ3) is 5.28. The van der Waals surface area contributed by atoms with Crippen LogP contribution in [-0.2, 0) is 31.4 Å². The number of carbonyl (C=O) groups is 1. The van der Waals surface area contributed by atoms with Gasteiger partial charge in [0, 0.05) is 31.7 Å². The SMILES string of the molecule is Cc1ncc(COc2cccc(-c3cc(F)c(Cc4nc5ccc(C(=O)O)cc5n4CC4CCO4)cc3F)n2)n1C. The first-order valence-electron chi connectivity index (χ1n) is 13.2. The Morgan fingerprint density at radius 2 is 1.98 bits per heavy atom. The number of benzene rings is 2. The third-order valence-electron chi connectivity index (χ3n) is 7.42. The predicted molar refractivity (Wildman–Crippen MR) is 146 cm³/mol. The lowest BCUT2D eigenvalue weighted by molar-refractivity contribution is -0.0589. The van der Waals surface area contributed by atoms with E-state index in [1.807, 2.05) is 23.1 Å². The fourth-order valence-corrected chi connectivity index (χ4v) is 4.84. The monoisotopic (exact) mass is 559 g/mol. The molecule has 0 amide bonds. The van der Waals surface area contributed by atoms with Gasteiger partial charge >= 0.3 is 5.97 Å². The summed E-state index contributed by atoms with van der Waals surface area (Å²) in [5, 5.41) is 9.45. The van der Waals surface area contributed by atoms with E-state index in [-0.39, 0.29) is 47.4 Å². The summed E-state index contributed by atoms with van der Waals surface area (Å²) in [6, 6.07) is 11.9. The summed E-state index contributed by atoms with van der Waals surface area (Å²) in [6.07, 6.45) is 2.53. The van der Waals surface area contributed by atoms with Crippen LogP contribution in [0.15, 0.2) is 54.7 Å². The van der Waals surface area contributed by atoms with Gasteiger partial charge in [-0.2, -0.15) is 0 Å². The molecule has 1 unspecified atom stereocenters. The van der Waals surface area contributed by atoms with Crippen LogP contribution in [0.25, 0.3) is 22.3 Å². The largest absolute Gasteiger partial charge is 0.478 e. The molecule has 3 aromatic heterocycles. The number of carboxylic acid groups (broad SMARTS) is 1. The fraction of sp³-hybridized carbons (Fsp3) is 0.267. The van der Waals surface area contributed by atoms with Crippen LogP contribution in [0.1, 0.15) is 39.7 Å². The third-order valence-corrected chi connectivity index (χ3v) is 7.42. The number of hydrogen-bond donors (Lipinski definition) is 1. The number of carboxylic acids is 1. The number of aromatic nitrogens is 5. The van der Waals surface area contributed by atoms with Crippen LogP contribution < -0.4 is 4.74 Å². The molecule has 210 valence electrons. The minimum absolute atomic E-state index is 0.00747. The van der Waals surface area contributed by atoms with Crippen molar-refractivity contribution in [1.82, 2.24) is 24.1 Å². The Hall–Kier alpha value is -4.64. The summed E-state index contributed by atoms with van der Waals surface area (Å²) in [7, 11) is 1.88. The second-order valence-corrected chi connectivity index (χ2v) is 10.0. The van der Waals surface area contributed by atoms with E-state index in [9.17, 15) is 9.90 Å². The van der Waals surface area contributed by atoms with Crippen molar-refractivity contribution in [3.8, 4) is 17.1 Å². The number of nitrogens with zero attached hydrogens (tertiary/aromatic N) is 5. The molecule has 6 rings (SSSR count). The molecule has 9 nitrogen and oxygen atoms in total. The molecule has 5 aromatic rings. The van der Waals surface area contributed by atoms with Crippen LogP contribution in [0, 0.1) is 18.6 Å². The number of aryl methyl sites for hydroxylation is 1. The minimum Gasteiger partial charge on any atom is -0.478 e. The van der Waals surface area contributed by atoms with Crippen LogP contribution in [0.4, 0.5) is 8.78 Å². The van der Waals surface area contributed by atoms with Crippen LogP contribution >= 0.6 is 0 Å². The molecule has 41 heavy (non-hydrogen) atoms. The topological polar surface area (TPSA) is 104 Å². The highest BCUT2D eigenvalue weighted by atomic mass is 19.1. The normalized spacial score (nSPS) is 14.8. The van der Waals surface area contributed by atoms with Crippen molar-refractivity contribution in [2.24, 2.45) is 7.05 Å². The first kappa shape index (κ1) is 26.6. The molecule has 1 aliphatic rings. The molecule has 0 radical (unpaired) electrons. The van der Waals surface area contributed by atoms with E-state index in [4.69, 9.17) is 9.47 Å². The van der Waals surface area contributed by atoms with Gasteiger partial charge in [0.25, 0.3) is 0 Å². The van der Waals surface area contributed by atoms with Crippen molar-refractivity contribution in [1.29, 1.82) is 0 Å². The van der Waals surface area contributed by atoms with Crippen molar-refractivity contribution in [3.63, 3.8) is 0 Å². The van der Waals surface area contributed by atoms with Gasteiger partial charge in [0.1, 0.15) is 29.9 Å². The molecule has 1 aliphatic heterocycles. The fourth-order valence-electron chi connectivity index (χ4n) is 4.84. The van der Waals surface area contributed by atoms with E-state index in [1.54, 1.807) is 36.5 Å². The molecule has 0 aliphatic carbocycles. The van der Waals surface area contributed by atoms with E-state index in [0.717, 1.165) is 30.1 Å². The maximum atomic E-state index is 15.4. The zero-order valence-electron chi connectivity index (χ0n) is 22.5. The van der Waals surface area contributed by atoms with E-state index < -0.39 is 17.6 Å². The van der Waals surface area contributed by atoms with E-state index >= 15 is 8.78 Å². The second kappa shape index (κ2) is 10.7.